The third kappa shape index (κ3) is 1.52. The van der Waals surface area contributed by atoms with Crippen molar-refractivity contribution in [1.29, 1.82) is 0 Å². The maximum atomic E-state index is 13.6. The molecule has 1 aromatic carbocycles. The van der Waals surface area contributed by atoms with E-state index >= 15 is 0 Å². The molecule has 1 saturated carbocycles. The highest BCUT2D eigenvalue weighted by atomic mass is 19.1. The monoisotopic (exact) mass is 229 g/mol. The zero-order valence-corrected chi connectivity index (χ0v) is 9.28. The Hall–Kier alpha value is -1.03. The highest BCUT2D eigenvalue weighted by Crippen LogP contribution is 2.56. The van der Waals surface area contributed by atoms with Crippen molar-refractivity contribution in [3.63, 3.8) is 0 Å². The van der Waals surface area contributed by atoms with E-state index in [9.17, 15) is 13.2 Å². The molecule has 16 heavy (non-hydrogen) atoms. The minimum atomic E-state index is -0.899. The standard InChI is InChI=1S/C12H14F3N/c1-11(2,16)12(3-4-12)10-8(14)5-7(13)6-9(10)15/h5-6H,3-4,16H2,1-2H3. The fourth-order valence-electron chi connectivity index (χ4n) is 2.34. The third-order valence-corrected chi connectivity index (χ3v) is 3.47. The Morgan fingerprint density at radius 3 is 1.88 bits per heavy atom. The van der Waals surface area contributed by atoms with Crippen molar-refractivity contribution in [2.45, 2.75) is 37.6 Å². The molecule has 2 rings (SSSR count). The average molecular weight is 229 g/mol. The maximum Gasteiger partial charge on any atom is 0.132 e. The van der Waals surface area contributed by atoms with Crippen LogP contribution >= 0.6 is 0 Å². The molecule has 1 aliphatic rings. The average Bonchev–Trinajstić information content (AvgIpc) is 2.81. The van der Waals surface area contributed by atoms with Crippen LogP contribution in [-0.4, -0.2) is 5.54 Å². The second kappa shape index (κ2) is 3.23. The molecule has 0 spiro atoms. The van der Waals surface area contributed by atoms with E-state index in [0.29, 0.717) is 25.0 Å². The molecule has 1 aromatic rings. The van der Waals surface area contributed by atoms with Crippen LogP contribution in [0.15, 0.2) is 12.1 Å². The van der Waals surface area contributed by atoms with Gasteiger partial charge in [0.15, 0.2) is 0 Å². The number of benzene rings is 1. The third-order valence-electron chi connectivity index (χ3n) is 3.47. The van der Waals surface area contributed by atoms with Crippen molar-refractivity contribution in [2.75, 3.05) is 0 Å². The molecule has 0 heterocycles. The predicted molar refractivity (Wildman–Crippen MR) is 55.5 cm³/mol. The van der Waals surface area contributed by atoms with Gasteiger partial charge in [0.2, 0.25) is 0 Å². The number of rotatable bonds is 2. The van der Waals surface area contributed by atoms with Gasteiger partial charge in [0.1, 0.15) is 17.5 Å². The van der Waals surface area contributed by atoms with Crippen LogP contribution < -0.4 is 5.73 Å². The van der Waals surface area contributed by atoms with Crippen molar-refractivity contribution in [3.05, 3.63) is 35.1 Å². The Morgan fingerprint density at radius 2 is 1.56 bits per heavy atom. The summed E-state index contributed by atoms with van der Waals surface area (Å²) in [6.07, 6.45) is 1.27. The lowest BCUT2D eigenvalue weighted by Gasteiger charge is -2.31. The molecule has 0 radical (unpaired) electrons. The fourth-order valence-corrected chi connectivity index (χ4v) is 2.34. The summed E-state index contributed by atoms with van der Waals surface area (Å²) in [5, 5.41) is 0. The topological polar surface area (TPSA) is 26.0 Å². The summed E-state index contributed by atoms with van der Waals surface area (Å²) in [6, 6.07) is 1.43. The molecule has 1 aliphatic carbocycles. The van der Waals surface area contributed by atoms with E-state index in [1.165, 1.54) is 0 Å². The smallest absolute Gasteiger partial charge is 0.132 e. The summed E-state index contributed by atoms with van der Waals surface area (Å²) >= 11 is 0. The summed E-state index contributed by atoms with van der Waals surface area (Å²) in [5.41, 5.74) is 4.49. The van der Waals surface area contributed by atoms with Crippen molar-refractivity contribution in [3.8, 4) is 0 Å². The lowest BCUT2D eigenvalue weighted by Crippen LogP contribution is -2.46. The number of halogens is 3. The van der Waals surface area contributed by atoms with Gasteiger partial charge in [-0.2, -0.15) is 0 Å². The summed E-state index contributed by atoms with van der Waals surface area (Å²) in [7, 11) is 0. The van der Waals surface area contributed by atoms with Gasteiger partial charge in [-0.15, -0.1) is 0 Å². The van der Waals surface area contributed by atoms with Crippen LogP contribution in [0.3, 0.4) is 0 Å². The van der Waals surface area contributed by atoms with Crippen LogP contribution in [0.2, 0.25) is 0 Å². The van der Waals surface area contributed by atoms with Gasteiger partial charge in [-0.25, -0.2) is 13.2 Å². The molecule has 0 aliphatic heterocycles. The number of hydrogen-bond acceptors (Lipinski definition) is 1. The number of nitrogens with two attached hydrogens (primary N) is 1. The van der Waals surface area contributed by atoms with E-state index in [4.69, 9.17) is 5.73 Å². The highest BCUT2D eigenvalue weighted by Gasteiger charge is 2.56. The Labute approximate surface area is 92.5 Å². The summed E-state index contributed by atoms with van der Waals surface area (Å²) < 4.78 is 40.1. The molecule has 0 unspecified atom stereocenters. The molecule has 0 aromatic heterocycles. The zero-order chi connectivity index (χ0) is 12.1. The first-order valence-electron chi connectivity index (χ1n) is 5.22. The van der Waals surface area contributed by atoms with Crippen molar-refractivity contribution in [2.24, 2.45) is 5.73 Å². The quantitative estimate of drug-likeness (QED) is 0.829. The van der Waals surface area contributed by atoms with Crippen molar-refractivity contribution >= 4 is 0 Å². The van der Waals surface area contributed by atoms with Crippen LogP contribution in [0.5, 0.6) is 0 Å². The first kappa shape index (κ1) is 11.5. The minimum Gasteiger partial charge on any atom is -0.325 e. The molecular formula is C12H14F3N. The second-order valence-corrected chi connectivity index (χ2v) is 5.05. The van der Waals surface area contributed by atoms with Crippen molar-refractivity contribution in [1.82, 2.24) is 0 Å². The Morgan fingerprint density at radius 1 is 1.12 bits per heavy atom. The van der Waals surface area contributed by atoms with E-state index < -0.39 is 28.4 Å². The van der Waals surface area contributed by atoms with Crippen LogP contribution in [0.4, 0.5) is 13.2 Å². The largest absolute Gasteiger partial charge is 0.325 e. The number of hydrogen-bond donors (Lipinski definition) is 1. The summed E-state index contributed by atoms with van der Waals surface area (Å²) in [5.74, 6) is -2.58. The lowest BCUT2D eigenvalue weighted by atomic mass is 9.78. The molecular weight excluding hydrogens is 215 g/mol. The molecule has 1 nitrogen and oxygen atoms in total. The molecule has 88 valence electrons. The molecule has 1 fully saturated rings. The normalized spacial score (nSPS) is 18.6. The summed E-state index contributed by atoms with van der Waals surface area (Å²) in [6.45, 7) is 3.48. The first-order valence-corrected chi connectivity index (χ1v) is 5.22. The molecule has 2 N–H and O–H groups in total. The second-order valence-electron chi connectivity index (χ2n) is 5.05. The van der Waals surface area contributed by atoms with Crippen LogP contribution in [-0.2, 0) is 5.41 Å². The van der Waals surface area contributed by atoms with Crippen LogP contribution in [0.1, 0.15) is 32.3 Å². The van der Waals surface area contributed by atoms with E-state index in [2.05, 4.69) is 0 Å². The van der Waals surface area contributed by atoms with Gasteiger partial charge in [-0.3, -0.25) is 0 Å². The van der Waals surface area contributed by atoms with Gasteiger partial charge < -0.3 is 5.73 Å². The Bertz CT molecular complexity index is 407. The van der Waals surface area contributed by atoms with Gasteiger partial charge in [-0.1, -0.05) is 0 Å². The van der Waals surface area contributed by atoms with E-state index in [1.807, 2.05) is 0 Å². The minimum absolute atomic E-state index is 0.0681. The van der Waals surface area contributed by atoms with Gasteiger partial charge in [0.05, 0.1) is 0 Å². The summed E-state index contributed by atoms with van der Waals surface area (Å²) in [4.78, 5) is 0. The van der Waals surface area contributed by atoms with Crippen LogP contribution in [0, 0.1) is 17.5 Å². The molecule has 0 saturated heterocycles. The van der Waals surface area contributed by atoms with Gasteiger partial charge >= 0.3 is 0 Å². The van der Waals surface area contributed by atoms with Crippen molar-refractivity contribution < 1.29 is 13.2 Å². The predicted octanol–water partition coefficient (Wildman–Crippen LogP) is 2.87. The Balaban J connectivity index is 2.58. The van der Waals surface area contributed by atoms with Crippen LogP contribution in [0.25, 0.3) is 0 Å². The molecule has 0 atom stereocenters. The van der Waals surface area contributed by atoms with Gasteiger partial charge in [0.25, 0.3) is 0 Å². The molecule has 0 amide bonds. The van der Waals surface area contributed by atoms with E-state index in [1.54, 1.807) is 13.8 Å². The van der Waals surface area contributed by atoms with E-state index in [-0.39, 0.29) is 5.56 Å². The van der Waals surface area contributed by atoms with Gasteiger partial charge in [0, 0.05) is 28.7 Å². The Kier molecular flexibility index (Phi) is 2.31. The molecule has 0 bridgehead atoms. The highest BCUT2D eigenvalue weighted by molar-refractivity contribution is 5.38. The molecule has 4 heteroatoms. The van der Waals surface area contributed by atoms with E-state index in [0.717, 1.165) is 0 Å². The van der Waals surface area contributed by atoms with Gasteiger partial charge in [-0.05, 0) is 26.7 Å². The first-order chi connectivity index (χ1) is 7.28. The fraction of sp³-hybridized carbons (Fsp3) is 0.500. The maximum absolute atomic E-state index is 13.6. The SMILES string of the molecule is CC(C)(N)C1(c2c(F)cc(F)cc2F)CC1. The zero-order valence-electron chi connectivity index (χ0n) is 9.28. The lowest BCUT2D eigenvalue weighted by molar-refractivity contribution is 0.362.